The summed E-state index contributed by atoms with van der Waals surface area (Å²) >= 11 is 0. The van der Waals surface area contributed by atoms with Gasteiger partial charge in [-0.3, -0.25) is 0 Å². The lowest BCUT2D eigenvalue weighted by atomic mass is 9.92. The molecule has 0 saturated carbocycles. The van der Waals surface area contributed by atoms with Gasteiger partial charge in [-0.1, -0.05) is 72.8 Å². The van der Waals surface area contributed by atoms with Gasteiger partial charge in [0, 0.05) is 0 Å². The standard InChI is InChI=1S/4C15H18/c4*1-9-6-7-14-8-10(2)11(3)13(5)15(14)12(9)4/h4*6-8H,1-5H3. The van der Waals surface area contributed by atoms with Crippen molar-refractivity contribution in [3.8, 4) is 0 Å². The van der Waals surface area contributed by atoms with E-state index in [4.69, 9.17) is 0 Å². The maximum atomic E-state index is 2.30. The maximum Gasteiger partial charge on any atom is -0.0120 e. The van der Waals surface area contributed by atoms with Crippen LogP contribution in [0.1, 0.15) is 111 Å². The van der Waals surface area contributed by atoms with Gasteiger partial charge in [-0.15, -0.1) is 0 Å². The summed E-state index contributed by atoms with van der Waals surface area (Å²) < 4.78 is 0. The Morgan fingerprint density at radius 2 is 0.333 bits per heavy atom. The highest BCUT2D eigenvalue weighted by Gasteiger charge is 2.11. The Hall–Kier alpha value is -5.20. The predicted molar refractivity (Wildman–Crippen MR) is 271 cm³/mol. The molecule has 8 aromatic rings. The summed E-state index contributed by atoms with van der Waals surface area (Å²) in [5.41, 5.74) is 28.3. The molecule has 0 bridgehead atoms. The van der Waals surface area contributed by atoms with Crippen LogP contribution in [0.5, 0.6) is 0 Å². The van der Waals surface area contributed by atoms with E-state index in [0.29, 0.717) is 0 Å². The van der Waals surface area contributed by atoms with E-state index in [2.05, 4.69) is 211 Å². The topological polar surface area (TPSA) is 0 Å². The molecular formula is C60H72. The molecule has 0 atom stereocenters. The quantitative estimate of drug-likeness (QED) is 0.143. The molecule has 0 N–H and O–H groups in total. The highest BCUT2D eigenvalue weighted by Crippen LogP contribution is 2.32. The summed E-state index contributed by atoms with van der Waals surface area (Å²) in [4.78, 5) is 0. The van der Waals surface area contributed by atoms with Gasteiger partial charge in [-0.05, 0) is 293 Å². The Kier molecular flexibility index (Phi) is 13.9. The van der Waals surface area contributed by atoms with Gasteiger partial charge in [0.05, 0.1) is 0 Å². The molecule has 312 valence electrons. The van der Waals surface area contributed by atoms with E-state index < -0.39 is 0 Å². The summed E-state index contributed by atoms with van der Waals surface area (Å²) in [6, 6.07) is 27.0. The van der Waals surface area contributed by atoms with E-state index in [1.807, 2.05) is 0 Å². The first-order valence-electron chi connectivity index (χ1n) is 22.0. The average Bonchev–Trinajstić information content (AvgIpc) is 3.20. The van der Waals surface area contributed by atoms with Crippen molar-refractivity contribution in [1.29, 1.82) is 0 Å². The van der Waals surface area contributed by atoms with E-state index in [9.17, 15) is 0 Å². The van der Waals surface area contributed by atoms with Gasteiger partial charge in [0.2, 0.25) is 0 Å². The molecule has 0 unspecified atom stereocenters. The monoisotopic (exact) mass is 793 g/mol. The SMILES string of the molecule is Cc1cc2ccc(C)c(C)c2c(C)c1C.Cc1cc2ccc(C)c(C)c2c(C)c1C.Cc1cc2ccc(C)c(C)c2c(C)c1C.Cc1cc2ccc(C)c(C)c2c(C)c1C. The van der Waals surface area contributed by atoms with Crippen molar-refractivity contribution in [2.24, 2.45) is 0 Å². The highest BCUT2D eigenvalue weighted by atomic mass is 14.2. The molecule has 0 amide bonds. The molecule has 0 aromatic heterocycles. The van der Waals surface area contributed by atoms with Crippen molar-refractivity contribution in [2.75, 3.05) is 0 Å². The van der Waals surface area contributed by atoms with Crippen LogP contribution in [-0.4, -0.2) is 0 Å². The van der Waals surface area contributed by atoms with Crippen LogP contribution >= 0.6 is 0 Å². The second kappa shape index (κ2) is 18.2. The summed E-state index contributed by atoms with van der Waals surface area (Å²) in [6.07, 6.45) is 0. The van der Waals surface area contributed by atoms with Crippen LogP contribution in [0, 0.1) is 138 Å². The third-order valence-electron chi connectivity index (χ3n) is 14.7. The fourth-order valence-electron chi connectivity index (χ4n) is 9.12. The summed E-state index contributed by atoms with van der Waals surface area (Å²) in [5, 5.41) is 11.3. The molecule has 0 heterocycles. The van der Waals surface area contributed by atoms with Gasteiger partial charge in [0.15, 0.2) is 0 Å². The van der Waals surface area contributed by atoms with Crippen LogP contribution in [0.4, 0.5) is 0 Å². The lowest BCUT2D eigenvalue weighted by Gasteiger charge is -2.13. The van der Waals surface area contributed by atoms with Crippen LogP contribution in [0.25, 0.3) is 43.1 Å². The highest BCUT2D eigenvalue weighted by molar-refractivity contribution is 5.94. The Balaban J connectivity index is 0.000000152. The molecule has 60 heavy (non-hydrogen) atoms. The van der Waals surface area contributed by atoms with Gasteiger partial charge in [0.25, 0.3) is 0 Å². The number of hydrogen-bond donors (Lipinski definition) is 0. The van der Waals surface area contributed by atoms with Crippen LogP contribution < -0.4 is 0 Å². The van der Waals surface area contributed by atoms with Gasteiger partial charge < -0.3 is 0 Å². The molecule has 0 aliphatic heterocycles. The van der Waals surface area contributed by atoms with Crippen LogP contribution in [0.3, 0.4) is 0 Å². The van der Waals surface area contributed by atoms with E-state index in [1.54, 1.807) is 0 Å². The summed E-state index contributed by atoms with van der Waals surface area (Å²) in [6.45, 7) is 44.2. The molecule has 0 radical (unpaired) electrons. The van der Waals surface area contributed by atoms with Crippen LogP contribution in [0.15, 0.2) is 72.8 Å². The van der Waals surface area contributed by atoms with Gasteiger partial charge >= 0.3 is 0 Å². The number of fused-ring (bicyclic) bond motifs is 4. The minimum absolute atomic E-state index is 1.37. The van der Waals surface area contributed by atoms with Crippen molar-refractivity contribution in [2.45, 2.75) is 138 Å². The minimum atomic E-state index is 1.37. The molecule has 0 aliphatic rings. The van der Waals surface area contributed by atoms with Crippen molar-refractivity contribution in [1.82, 2.24) is 0 Å². The Bertz CT molecular complexity index is 2540. The number of hydrogen-bond acceptors (Lipinski definition) is 0. The third-order valence-corrected chi connectivity index (χ3v) is 14.7. The lowest BCUT2D eigenvalue weighted by molar-refractivity contribution is 1.28. The Morgan fingerprint density at radius 1 is 0.167 bits per heavy atom. The average molecular weight is 793 g/mol. The first kappa shape index (κ1) is 45.9. The largest absolute Gasteiger partial charge is 0.0584 e. The Labute approximate surface area is 364 Å². The normalized spacial score (nSPS) is 11.0. The van der Waals surface area contributed by atoms with E-state index >= 15 is 0 Å². The molecule has 0 aliphatic carbocycles. The molecule has 0 heteroatoms. The van der Waals surface area contributed by atoms with Gasteiger partial charge in [-0.25, -0.2) is 0 Å². The van der Waals surface area contributed by atoms with Crippen LogP contribution in [-0.2, 0) is 0 Å². The molecule has 8 aromatic carbocycles. The van der Waals surface area contributed by atoms with Crippen molar-refractivity contribution < 1.29 is 0 Å². The third kappa shape index (κ3) is 8.81. The molecule has 0 saturated heterocycles. The first-order valence-corrected chi connectivity index (χ1v) is 22.0. The summed E-state index contributed by atoms with van der Waals surface area (Å²) in [5.74, 6) is 0. The molecule has 8 rings (SSSR count). The zero-order valence-corrected chi connectivity index (χ0v) is 40.9. The Morgan fingerprint density at radius 3 is 0.500 bits per heavy atom. The van der Waals surface area contributed by atoms with Crippen molar-refractivity contribution >= 4 is 43.1 Å². The molecule has 0 spiro atoms. The molecule has 0 nitrogen and oxygen atoms in total. The fourth-order valence-corrected chi connectivity index (χ4v) is 9.12. The maximum absolute atomic E-state index is 2.30. The lowest BCUT2D eigenvalue weighted by Crippen LogP contribution is -1.92. The fraction of sp³-hybridized carbons (Fsp3) is 0.333. The van der Waals surface area contributed by atoms with E-state index in [-0.39, 0.29) is 0 Å². The first-order chi connectivity index (χ1) is 28.1. The van der Waals surface area contributed by atoms with Gasteiger partial charge in [0.1, 0.15) is 0 Å². The minimum Gasteiger partial charge on any atom is -0.0584 e. The molecule has 0 fully saturated rings. The van der Waals surface area contributed by atoms with Crippen molar-refractivity contribution in [3.05, 3.63) is 184 Å². The predicted octanol–water partition coefficient (Wildman–Crippen LogP) is 17.5. The van der Waals surface area contributed by atoms with E-state index in [0.717, 1.165) is 0 Å². The number of rotatable bonds is 0. The second-order valence-electron chi connectivity index (χ2n) is 18.2. The van der Waals surface area contributed by atoms with Crippen LogP contribution in [0.2, 0.25) is 0 Å². The summed E-state index contributed by atoms with van der Waals surface area (Å²) in [7, 11) is 0. The van der Waals surface area contributed by atoms with E-state index in [1.165, 1.54) is 154 Å². The zero-order chi connectivity index (χ0) is 44.7. The smallest absolute Gasteiger partial charge is 0.0120 e. The zero-order valence-electron chi connectivity index (χ0n) is 40.9. The molecular weight excluding hydrogens is 721 g/mol. The number of aryl methyl sites for hydroxylation is 16. The second-order valence-corrected chi connectivity index (χ2v) is 18.2. The number of benzene rings is 8. The van der Waals surface area contributed by atoms with Gasteiger partial charge in [-0.2, -0.15) is 0 Å². The van der Waals surface area contributed by atoms with Crippen molar-refractivity contribution in [3.63, 3.8) is 0 Å².